The maximum atomic E-state index is 13.4. The molecule has 5 nitrogen and oxygen atoms in total. The van der Waals surface area contributed by atoms with E-state index in [2.05, 4.69) is 19.1 Å². The molecule has 2 aliphatic carbocycles. The molecule has 3 aliphatic rings. The number of nitrogens with zero attached hydrogens (tertiary/aromatic N) is 1. The third-order valence-corrected chi connectivity index (χ3v) is 6.57. The van der Waals surface area contributed by atoms with Gasteiger partial charge in [0.25, 0.3) is 0 Å². The van der Waals surface area contributed by atoms with E-state index >= 15 is 0 Å². The van der Waals surface area contributed by atoms with Gasteiger partial charge in [0.1, 0.15) is 11.7 Å². The summed E-state index contributed by atoms with van der Waals surface area (Å²) in [6.45, 7) is 2.09. The maximum absolute atomic E-state index is 13.4. The van der Waals surface area contributed by atoms with Crippen molar-refractivity contribution in [2.45, 2.75) is 39.0 Å². The molecule has 0 aromatic carbocycles. The van der Waals surface area contributed by atoms with Crippen LogP contribution in [0.15, 0.2) is 24.4 Å². The summed E-state index contributed by atoms with van der Waals surface area (Å²) in [4.78, 5) is 38.2. The van der Waals surface area contributed by atoms with E-state index in [9.17, 15) is 14.4 Å². The fourth-order valence-electron chi connectivity index (χ4n) is 5.25. The van der Waals surface area contributed by atoms with Crippen LogP contribution in [0.2, 0.25) is 0 Å². The zero-order chi connectivity index (χ0) is 18.4. The van der Waals surface area contributed by atoms with Crippen molar-refractivity contribution in [3.8, 4) is 0 Å². The van der Waals surface area contributed by atoms with Gasteiger partial charge in [-0.3, -0.25) is 14.2 Å². The van der Waals surface area contributed by atoms with E-state index in [1.165, 1.54) is 18.1 Å². The minimum Gasteiger partial charge on any atom is -0.465 e. The van der Waals surface area contributed by atoms with Gasteiger partial charge < -0.3 is 4.74 Å². The molecule has 0 N–H and O–H groups in total. The second kappa shape index (κ2) is 6.53. The van der Waals surface area contributed by atoms with Crippen LogP contribution in [0.4, 0.5) is 0 Å². The topological polar surface area (TPSA) is 65.4 Å². The fraction of sp³-hybridized carbons (Fsp3) is 0.571. The van der Waals surface area contributed by atoms with Crippen molar-refractivity contribution in [2.75, 3.05) is 7.11 Å². The molecule has 1 aliphatic heterocycles. The highest BCUT2D eigenvalue weighted by Gasteiger charge is 2.46. The van der Waals surface area contributed by atoms with Crippen LogP contribution >= 0.6 is 0 Å². The second-order valence-electron chi connectivity index (χ2n) is 7.92. The number of fused-ring (bicyclic) bond motifs is 2. The molecule has 2 heterocycles. The van der Waals surface area contributed by atoms with Gasteiger partial charge in [0.15, 0.2) is 0 Å². The van der Waals surface area contributed by atoms with Crippen LogP contribution in [0.1, 0.15) is 53.5 Å². The van der Waals surface area contributed by atoms with Gasteiger partial charge in [0.2, 0.25) is 5.91 Å². The minimum absolute atomic E-state index is 0.0586. The van der Waals surface area contributed by atoms with E-state index in [0.29, 0.717) is 29.5 Å². The predicted octanol–water partition coefficient (Wildman–Crippen LogP) is 3.28. The van der Waals surface area contributed by atoms with Gasteiger partial charge in [0, 0.05) is 24.2 Å². The van der Waals surface area contributed by atoms with Gasteiger partial charge in [-0.1, -0.05) is 31.9 Å². The SMILES string of the molecule is COC(=O)c1ccn2c1CC(C(=O)C1[C@H]3CCCC[C@@H]3C=C[C@@H]1C)C2=O. The number of carbonyl (C=O) groups is 3. The quantitative estimate of drug-likeness (QED) is 0.474. The summed E-state index contributed by atoms with van der Waals surface area (Å²) in [5.41, 5.74) is 1.00. The Balaban J connectivity index is 1.61. The molecular formula is C21H25NO4. The molecule has 5 heteroatoms. The number of esters is 1. The number of aromatic nitrogens is 1. The molecule has 4 rings (SSSR count). The summed E-state index contributed by atoms with van der Waals surface area (Å²) in [6.07, 6.45) is 10.9. The molecule has 5 atom stereocenters. The first kappa shape index (κ1) is 17.3. The summed E-state index contributed by atoms with van der Waals surface area (Å²) in [5, 5.41) is 0. The molecule has 1 fully saturated rings. The van der Waals surface area contributed by atoms with E-state index in [1.807, 2.05) is 0 Å². The summed E-state index contributed by atoms with van der Waals surface area (Å²) < 4.78 is 6.27. The Morgan fingerprint density at radius 2 is 1.96 bits per heavy atom. The molecule has 0 spiro atoms. The Morgan fingerprint density at radius 3 is 2.73 bits per heavy atom. The van der Waals surface area contributed by atoms with Crippen molar-refractivity contribution in [3.63, 3.8) is 0 Å². The number of hydrogen-bond acceptors (Lipinski definition) is 4. The number of ketones is 1. The number of Topliss-reactive ketones (excluding diaryl/α,β-unsaturated/α-hetero) is 1. The lowest BCUT2D eigenvalue weighted by Crippen LogP contribution is -2.42. The Hall–Kier alpha value is -2.17. The van der Waals surface area contributed by atoms with Crippen LogP contribution in [0.5, 0.6) is 0 Å². The molecule has 0 saturated heterocycles. The van der Waals surface area contributed by atoms with Crippen molar-refractivity contribution in [1.82, 2.24) is 4.57 Å². The van der Waals surface area contributed by atoms with Crippen molar-refractivity contribution < 1.29 is 19.1 Å². The highest BCUT2D eigenvalue weighted by molar-refractivity contribution is 6.07. The van der Waals surface area contributed by atoms with Gasteiger partial charge in [-0.25, -0.2) is 4.79 Å². The summed E-state index contributed by atoms with van der Waals surface area (Å²) >= 11 is 0. The van der Waals surface area contributed by atoms with E-state index in [-0.39, 0.29) is 23.5 Å². The zero-order valence-electron chi connectivity index (χ0n) is 15.3. The van der Waals surface area contributed by atoms with Crippen LogP contribution in [0, 0.1) is 29.6 Å². The van der Waals surface area contributed by atoms with E-state index in [4.69, 9.17) is 4.74 Å². The number of carbonyl (C=O) groups excluding carboxylic acids is 3. The minimum atomic E-state index is -0.670. The number of allylic oxidation sites excluding steroid dienone is 2. The molecule has 0 amide bonds. The third kappa shape index (κ3) is 2.56. The van der Waals surface area contributed by atoms with Crippen LogP contribution in [0.3, 0.4) is 0 Å². The second-order valence-corrected chi connectivity index (χ2v) is 7.92. The first-order chi connectivity index (χ1) is 12.5. The van der Waals surface area contributed by atoms with Gasteiger partial charge >= 0.3 is 5.97 Å². The van der Waals surface area contributed by atoms with Crippen molar-refractivity contribution in [3.05, 3.63) is 35.7 Å². The van der Waals surface area contributed by atoms with Crippen molar-refractivity contribution in [1.29, 1.82) is 0 Å². The maximum Gasteiger partial charge on any atom is 0.339 e. The highest BCUT2D eigenvalue weighted by Crippen LogP contribution is 2.45. The average Bonchev–Trinajstić information content (AvgIpc) is 3.21. The molecule has 2 unspecified atom stereocenters. The Bertz CT molecular complexity index is 790. The fourth-order valence-corrected chi connectivity index (χ4v) is 5.25. The first-order valence-corrected chi connectivity index (χ1v) is 9.57. The van der Waals surface area contributed by atoms with E-state index in [0.717, 1.165) is 19.3 Å². The van der Waals surface area contributed by atoms with E-state index in [1.54, 1.807) is 12.3 Å². The molecule has 0 radical (unpaired) electrons. The highest BCUT2D eigenvalue weighted by atomic mass is 16.5. The smallest absolute Gasteiger partial charge is 0.339 e. The Morgan fingerprint density at radius 1 is 1.19 bits per heavy atom. The number of rotatable bonds is 3. The first-order valence-electron chi connectivity index (χ1n) is 9.57. The lowest BCUT2D eigenvalue weighted by Gasteiger charge is -2.41. The molecule has 138 valence electrons. The predicted molar refractivity (Wildman–Crippen MR) is 95.8 cm³/mol. The van der Waals surface area contributed by atoms with Crippen LogP contribution in [0.25, 0.3) is 0 Å². The van der Waals surface area contributed by atoms with Gasteiger partial charge in [-0.2, -0.15) is 0 Å². The molecular weight excluding hydrogens is 330 g/mol. The van der Waals surface area contributed by atoms with Crippen LogP contribution in [-0.2, 0) is 16.0 Å². The largest absolute Gasteiger partial charge is 0.465 e. The Labute approximate surface area is 153 Å². The standard InChI is InChI=1S/C21H25NO4/c1-12-7-8-13-5-3-4-6-14(13)18(12)19(23)16-11-17-15(21(25)26-2)9-10-22(17)20(16)24/h7-10,12-14,16,18H,3-6,11H2,1-2H3/t12-,13+,14-,16?,18?/m0/s1. The average molecular weight is 355 g/mol. The third-order valence-electron chi connectivity index (χ3n) is 6.57. The van der Waals surface area contributed by atoms with Crippen LogP contribution < -0.4 is 0 Å². The molecule has 1 saturated carbocycles. The summed E-state index contributed by atoms with van der Waals surface area (Å²) in [7, 11) is 1.32. The van der Waals surface area contributed by atoms with Crippen molar-refractivity contribution >= 4 is 17.7 Å². The summed E-state index contributed by atoms with van der Waals surface area (Å²) in [5.74, 6) is -0.381. The lowest BCUT2D eigenvalue weighted by molar-refractivity contribution is -0.129. The van der Waals surface area contributed by atoms with Crippen molar-refractivity contribution in [2.24, 2.45) is 29.6 Å². The van der Waals surface area contributed by atoms with Crippen LogP contribution in [-0.4, -0.2) is 29.3 Å². The van der Waals surface area contributed by atoms with Gasteiger partial charge in [-0.05, 0) is 36.7 Å². The number of ether oxygens (including phenoxy) is 1. The zero-order valence-corrected chi connectivity index (χ0v) is 15.3. The van der Waals surface area contributed by atoms with Gasteiger partial charge in [0.05, 0.1) is 12.7 Å². The lowest BCUT2D eigenvalue weighted by atomic mass is 9.62. The monoisotopic (exact) mass is 355 g/mol. The van der Waals surface area contributed by atoms with E-state index < -0.39 is 11.9 Å². The molecule has 1 aromatic heterocycles. The normalized spacial score (nSPS) is 32.8. The van der Waals surface area contributed by atoms with Gasteiger partial charge in [-0.15, -0.1) is 0 Å². The Kier molecular flexibility index (Phi) is 4.33. The molecule has 1 aromatic rings. The molecule has 26 heavy (non-hydrogen) atoms. The summed E-state index contributed by atoms with van der Waals surface area (Å²) in [6, 6.07) is 1.60. The molecule has 0 bridgehead atoms. The number of hydrogen-bond donors (Lipinski definition) is 0. The number of methoxy groups -OCH3 is 1.